The molecule has 0 saturated heterocycles. The fourth-order valence-corrected chi connectivity index (χ4v) is 1.92. The van der Waals surface area contributed by atoms with E-state index in [4.69, 9.17) is 11.6 Å². The highest BCUT2D eigenvalue weighted by Gasteiger charge is 2.07. The van der Waals surface area contributed by atoms with Crippen LogP contribution in [0.4, 0.5) is 11.4 Å². The van der Waals surface area contributed by atoms with Gasteiger partial charge in [-0.2, -0.15) is 0 Å². The molecule has 0 spiro atoms. The smallest absolute Gasteiger partial charge is 0.243 e. The van der Waals surface area contributed by atoms with Gasteiger partial charge in [-0.3, -0.25) is 4.79 Å². The third kappa shape index (κ3) is 4.22. The summed E-state index contributed by atoms with van der Waals surface area (Å²) in [5.74, 6) is -0.189. The Morgan fingerprint density at radius 1 is 1.32 bits per heavy atom. The Labute approximate surface area is 124 Å². The van der Waals surface area contributed by atoms with E-state index >= 15 is 0 Å². The molecule has 0 saturated carbocycles. The number of anilines is 2. The van der Waals surface area contributed by atoms with Crippen molar-refractivity contribution >= 4 is 44.8 Å². The minimum atomic E-state index is -0.189. The van der Waals surface area contributed by atoms with E-state index in [1.165, 1.54) is 0 Å². The second kappa shape index (κ2) is 6.54. The molecule has 6 heteroatoms. The number of aromatic nitrogens is 1. The maximum Gasteiger partial charge on any atom is 0.243 e. The molecule has 1 heterocycles. The quantitative estimate of drug-likeness (QED) is 0.837. The number of carbonyl (C=O) groups excluding carboxylic acids is 1. The van der Waals surface area contributed by atoms with Crippen LogP contribution in [-0.2, 0) is 4.79 Å². The van der Waals surface area contributed by atoms with E-state index in [9.17, 15) is 4.79 Å². The first-order valence-corrected chi connectivity index (χ1v) is 6.72. The fourth-order valence-electron chi connectivity index (χ4n) is 1.44. The molecular formula is C13H11BrClN3O. The summed E-state index contributed by atoms with van der Waals surface area (Å²) in [6.45, 7) is 0.160. The average molecular weight is 341 g/mol. The second-order valence-corrected chi connectivity index (χ2v) is 5.03. The molecule has 0 bridgehead atoms. The van der Waals surface area contributed by atoms with Crippen LogP contribution in [0, 0.1) is 0 Å². The summed E-state index contributed by atoms with van der Waals surface area (Å²) in [4.78, 5) is 15.7. The second-order valence-electron chi connectivity index (χ2n) is 3.76. The molecule has 1 amide bonds. The Morgan fingerprint density at radius 2 is 2.05 bits per heavy atom. The van der Waals surface area contributed by atoms with Crippen LogP contribution in [0.3, 0.4) is 0 Å². The minimum absolute atomic E-state index is 0.160. The van der Waals surface area contributed by atoms with Crippen LogP contribution in [-0.4, -0.2) is 17.4 Å². The highest BCUT2D eigenvalue weighted by Crippen LogP contribution is 2.22. The number of hydrogen-bond acceptors (Lipinski definition) is 3. The van der Waals surface area contributed by atoms with Crippen LogP contribution < -0.4 is 10.6 Å². The molecule has 0 aliphatic rings. The lowest BCUT2D eigenvalue weighted by molar-refractivity contribution is -0.114. The summed E-state index contributed by atoms with van der Waals surface area (Å²) in [5.41, 5.74) is 1.37. The summed E-state index contributed by atoms with van der Waals surface area (Å²) in [6.07, 6.45) is 1.57. The van der Waals surface area contributed by atoms with Gasteiger partial charge in [-0.1, -0.05) is 29.8 Å². The van der Waals surface area contributed by atoms with Gasteiger partial charge in [-0.25, -0.2) is 4.98 Å². The third-order valence-electron chi connectivity index (χ3n) is 2.31. The first-order chi connectivity index (χ1) is 9.15. The Morgan fingerprint density at radius 3 is 2.79 bits per heavy atom. The Bertz CT molecular complexity index is 577. The molecule has 19 heavy (non-hydrogen) atoms. The van der Waals surface area contributed by atoms with Crippen molar-refractivity contribution in [2.45, 2.75) is 0 Å². The number of nitrogens with one attached hydrogen (secondary N) is 2. The molecule has 1 aromatic carbocycles. The van der Waals surface area contributed by atoms with Gasteiger partial charge < -0.3 is 10.6 Å². The molecule has 0 aliphatic heterocycles. The zero-order valence-corrected chi connectivity index (χ0v) is 12.2. The zero-order valence-electron chi connectivity index (χ0n) is 9.86. The lowest BCUT2D eigenvalue weighted by Gasteiger charge is -2.08. The number of halogens is 2. The maximum absolute atomic E-state index is 11.8. The van der Waals surface area contributed by atoms with Crippen molar-refractivity contribution in [2.24, 2.45) is 0 Å². The van der Waals surface area contributed by atoms with E-state index in [0.717, 1.165) is 10.2 Å². The topological polar surface area (TPSA) is 54.0 Å². The Balaban J connectivity index is 1.93. The van der Waals surface area contributed by atoms with Crippen molar-refractivity contribution in [2.75, 3.05) is 17.2 Å². The molecule has 2 aromatic rings. The number of benzene rings is 1. The molecule has 98 valence electrons. The molecule has 2 N–H and O–H groups in total. The molecule has 0 aliphatic carbocycles. The van der Waals surface area contributed by atoms with Crippen LogP contribution in [0.2, 0.25) is 5.15 Å². The number of amides is 1. The van der Waals surface area contributed by atoms with Crippen molar-refractivity contribution in [3.05, 3.63) is 52.2 Å². The molecule has 2 rings (SSSR count). The van der Waals surface area contributed by atoms with Crippen molar-refractivity contribution in [3.63, 3.8) is 0 Å². The number of carbonyl (C=O) groups is 1. The lowest BCUT2D eigenvalue weighted by atomic mass is 10.3. The highest BCUT2D eigenvalue weighted by molar-refractivity contribution is 9.10. The van der Waals surface area contributed by atoms with Crippen molar-refractivity contribution in [1.82, 2.24) is 4.98 Å². The summed E-state index contributed by atoms with van der Waals surface area (Å²) >= 11 is 9.16. The van der Waals surface area contributed by atoms with E-state index in [1.807, 2.05) is 30.3 Å². The van der Waals surface area contributed by atoms with Gasteiger partial charge in [-0.05, 0) is 34.1 Å². The van der Waals surface area contributed by atoms with Crippen LogP contribution >= 0.6 is 27.5 Å². The number of nitrogens with zero attached hydrogens (tertiary/aromatic N) is 1. The van der Waals surface area contributed by atoms with Crippen LogP contribution in [0.1, 0.15) is 0 Å². The van der Waals surface area contributed by atoms with Gasteiger partial charge in [0, 0.05) is 16.4 Å². The van der Waals surface area contributed by atoms with E-state index in [-0.39, 0.29) is 17.6 Å². The number of rotatable bonds is 4. The van der Waals surface area contributed by atoms with Gasteiger partial charge in [0.25, 0.3) is 0 Å². The molecule has 0 unspecified atom stereocenters. The number of pyridine rings is 1. The Kier molecular flexibility index (Phi) is 4.76. The zero-order chi connectivity index (χ0) is 13.7. The third-order valence-corrected chi connectivity index (χ3v) is 3.04. The minimum Gasteiger partial charge on any atom is -0.376 e. The van der Waals surface area contributed by atoms with Crippen LogP contribution in [0.5, 0.6) is 0 Å². The van der Waals surface area contributed by atoms with Gasteiger partial charge >= 0.3 is 0 Å². The molecular weight excluding hydrogens is 330 g/mol. The van der Waals surface area contributed by atoms with Crippen molar-refractivity contribution in [1.29, 1.82) is 0 Å². The summed E-state index contributed by atoms with van der Waals surface area (Å²) in [6, 6.07) is 11.2. The van der Waals surface area contributed by atoms with E-state index in [2.05, 4.69) is 31.5 Å². The summed E-state index contributed by atoms with van der Waals surface area (Å²) < 4.78 is 0.753. The van der Waals surface area contributed by atoms with Crippen LogP contribution in [0.15, 0.2) is 47.1 Å². The predicted molar refractivity (Wildman–Crippen MR) is 80.5 cm³/mol. The van der Waals surface area contributed by atoms with Gasteiger partial charge in [0.2, 0.25) is 5.91 Å². The summed E-state index contributed by atoms with van der Waals surface area (Å²) in [5, 5.41) is 5.97. The number of hydrogen-bond donors (Lipinski definition) is 2. The standard InChI is InChI=1S/C13H11BrClN3O/c14-9-6-11(13(15)17-7-9)18-12(19)8-16-10-4-2-1-3-5-10/h1-7,16H,8H2,(H,18,19). The first kappa shape index (κ1) is 13.8. The SMILES string of the molecule is O=C(CNc1ccccc1)Nc1cc(Br)cnc1Cl. The summed E-state index contributed by atoms with van der Waals surface area (Å²) in [7, 11) is 0. The first-order valence-electron chi connectivity index (χ1n) is 5.55. The highest BCUT2D eigenvalue weighted by atomic mass is 79.9. The monoisotopic (exact) mass is 339 g/mol. The van der Waals surface area contributed by atoms with Crippen molar-refractivity contribution < 1.29 is 4.79 Å². The molecule has 1 aromatic heterocycles. The molecule has 0 atom stereocenters. The van der Waals surface area contributed by atoms with Gasteiger partial charge in [0.1, 0.15) is 0 Å². The van der Waals surface area contributed by atoms with E-state index < -0.39 is 0 Å². The molecule has 4 nitrogen and oxygen atoms in total. The normalized spacial score (nSPS) is 10.0. The molecule has 0 fully saturated rings. The largest absolute Gasteiger partial charge is 0.376 e. The van der Waals surface area contributed by atoms with Crippen molar-refractivity contribution in [3.8, 4) is 0 Å². The van der Waals surface area contributed by atoms with Crippen LogP contribution in [0.25, 0.3) is 0 Å². The fraction of sp³-hybridized carbons (Fsp3) is 0.0769. The van der Waals surface area contributed by atoms with Gasteiger partial charge in [0.15, 0.2) is 5.15 Å². The van der Waals surface area contributed by atoms with E-state index in [1.54, 1.807) is 12.3 Å². The van der Waals surface area contributed by atoms with E-state index in [0.29, 0.717) is 5.69 Å². The Hall–Kier alpha value is -1.59. The number of para-hydroxylation sites is 1. The average Bonchev–Trinajstić information content (AvgIpc) is 2.42. The predicted octanol–water partition coefficient (Wildman–Crippen LogP) is 3.55. The molecule has 0 radical (unpaired) electrons. The van der Waals surface area contributed by atoms with Gasteiger partial charge in [-0.15, -0.1) is 0 Å². The van der Waals surface area contributed by atoms with Gasteiger partial charge in [0.05, 0.1) is 12.2 Å². The maximum atomic E-state index is 11.8. The lowest BCUT2D eigenvalue weighted by Crippen LogP contribution is -2.22.